The van der Waals surface area contributed by atoms with Crippen molar-refractivity contribution in [1.82, 2.24) is 10.4 Å². The molecule has 8 heteroatoms. The van der Waals surface area contributed by atoms with Crippen LogP contribution < -0.4 is 10.3 Å². The molecule has 2 heterocycles. The van der Waals surface area contributed by atoms with Crippen molar-refractivity contribution < 1.29 is 14.4 Å². The number of hydrogen-bond acceptors (Lipinski definition) is 5. The molecule has 0 spiro atoms. The summed E-state index contributed by atoms with van der Waals surface area (Å²) >= 11 is 6.32. The van der Waals surface area contributed by atoms with Gasteiger partial charge in [-0.25, -0.2) is 10.3 Å². The van der Waals surface area contributed by atoms with Gasteiger partial charge in [0.2, 0.25) is 11.8 Å². The minimum atomic E-state index is -1.08. The van der Waals surface area contributed by atoms with Gasteiger partial charge < -0.3 is 0 Å². The lowest BCUT2D eigenvalue weighted by Crippen LogP contribution is -2.54. The van der Waals surface area contributed by atoms with Crippen LogP contribution in [-0.4, -0.2) is 28.9 Å². The van der Waals surface area contributed by atoms with Crippen LogP contribution in [0.5, 0.6) is 0 Å². The number of nitrogens with zero attached hydrogens (tertiary/aromatic N) is 3. The van der Waals surface area contributed by atoms with Crippen molar-refractivity contribution >= 4 is 41.2 Å². The molecule has 8 rings (SSSR count). The molecule has 2 bridgehead atoms. The Morgan fingerprint density at radius 3 is 2.35 bits per heavy atom. The fourth-order valence-electron chi connectivity index (χ4n) is 6.87. The maximum atomic E-state index is 14.5. The van der Waals surface area contributed by atoms with Gasteiger partial charge in [0.05, 0.1) is 28.5 Å². The van der Waals surface area contributed by atoms with Crippen molar-refractivity contribution in [2.24, 2.45) is 16.9 Å². The number of amides is 3. The Kier molecular flexibility index (Phi) is 5.47. The molecule has 196 valence electrons. The van der Waals surface area contributed by atoms with Gasteiger partial charge in [0, 0.05) is 29.5 Å². The molecular formula is C32H23ClN4O3. The Balaban J connectivity index is 1.43. The molecule has 2 atom stereocenters. The summed E-state index contributed by atoms with van der Waals surface area (Å²) in [5, 5.41) is 4.88. The summed E-state index contributed by atoms with van der Waals surface area (Å²) in [6.45, 7) is 1.86. The molecular weight excluding hydrogens is 524 g/mol. The van der Waals surface area contributed by atoms with Crippen LogP contribution >= 0.6 is 11.6 Å². The van der Waals surface area contributed by atoms with Gasteiger partial charge in [0.1, 0.15) is 0 Å². The van der Waals surface area contributed by atoms with E-state index >= 15 is 0 Å². The molecule has 0 saturated carbocycles. The number of aromatic nitrogens is 1. The maximum absolute atomic E-state index is 14.5. The summed E-state index contributed by atoms with van der Waals surface area (Å²) in [5.74, 6) is -2.68. The first-order valence-electron chi connectivity index (χ1n) is 13.0. The van der Waals surface area contributed by atoms with Gasteiger partial charge in [-0.1, -0.05) is 66.2 Å². The lowest BCUT2D eigenvalue weighted by molar-refractivity contribution is -0.122. The van der Waals surface area contributed by atoms with Crippen molar-refractivity contribution in [3.05, 3.63) is 130 Å². The van der Waals surface area contributed by atoms with Gasteiger partial charge in [0.25, 0.3) is 5.91 Å². The summed E-state index contributed by atoms with van der Waals surface area (Å²) in [6.07, 6.45) is 4.69. The lowest BCUT2D eigenvalue weighted by Gasteiger charge is -2.52. The second-order valence-corrected chi connectivity index (χ2v) is 10.8. The first-order chi connectivity index (χ1) is 19.4. The molecule has 1 aromatic heterocycles. The minimum Gasteiger partial charge on any atom is -0.274 e. The van der Waals surface area contributed by atoms with E-state index < -0.39 is 23.2 Å². The van der Waals surface area contributed by atoms with E-state index in [-0.39, 0.29) is 17.7 Å². The highest BCUT2D eigenvalue weighted by Crippen LogP contribution is 2.63. The van der Waals surface area contributed by atoms with Crippen LogP contribution in [0.1, 0.15) is 44.1 Å². The molecule has 4 aromatic rings. The average molecular weight is 547 g/mol. The van der Waals surface area contributed by atoms with Crippen LogP contribution in [0.3, 0.4) is 0 Å². The fourth-order valence-corrected chi connectivity index (χ4v) is 7.03. The lowest BCUT2D eigenvalue weighted by atomic mass is 9.47. The van der Waals surface area contributed by atoms with E-state index in [9.17, 15) is 14.4 Å². The monoisotopic (exact) mass is 546 g/mol. The predicted molar refractivity (Wildman–Crippen MR) is 151 cm³/mol. The van der Waals surface area contributed by atoms with E-state index in [1.807, 2.05) is 61.5 Å². The number of imide groups is 1. The van der Waals surface area contributed by atoms with Crippen molar-refractivity contribution in [1.29, 1.82) is 0 Å². The van der Waals surface area contributed by atoms with Crippen LogP contribution in [0.15, 0.2) is 96.4 Å². The zero-order valence-electron chi connectivity index (χ0n) is 21.4. The number of aryl methyl sites for hydroxylation is 1. The number of hydrazone groups is 1. The smallest absolute Gasteiger partial charge is 0.272 e. The van der Waals surface area contributed by atoms with E-state index in [4.69, 9.17) is 11.6 Å². The van der Waals surface area contributed by atoms with Crippen molar-refractivity contribution in [3.63, 3.8) is 0 Å². The molecule has 1 N–H and O–H groups in total. The first kappa shape index (κ1) is 24.4. The summed E-state index contributed by atoms with van der Waals surface area (Å²) < 4.78 is 0. The number of nitrogens with one attached hydrogen (secondary N) is 1. The molecule has 4 aliphatic rings. The number of anilines is 1. The predicted octanol–water partition coefficient (Wildman–Crippen LogP) is 5.01. The fraction of sp³-hybridized carbons (Fsp3) is 0.156. The summed E-state index contributed by atoms with van der Waals surface area (Å²) in [7, 11) is 0. The van der Waals surface area contributed by atoms with Crippen molar-refractivity contribution in [2.45, 2.75) is 18.3 Å². The van der Waals surface area contributed by atoms with Gasteiger partial charge in [0.15, 0.2) is 0 Å². The van der Waals surface area contributed by atoms with Crippen molar-refractivity contribution in [3.8, 4) is 0 Å². The maximum Gasteiger partial charge on any atom is 0.272 e. The second-order valence-electron chi connectivity index (χ2n) is 10.4. The third kappa shape index (κ3) is 3.27. The molecule has 0 radical (unpaired) electrons. The minimum absolute atomic E-state index is 0.258. The van der Waals surface area contributed by atoms with Gasteiger partial charge in [-0.05, 0) is 59.0 Å². The summed E-state index contributed by atoms with van der Waals surface area (Å²) in [4.78, 5) is 46.9. The van der Waals surface area contributed by atoms with E-state index in [1.54, 1.807) is 36.7 Å². The van der Waals surface area contributed by atoms with Crippen LogP contribution in [0.25, 0.3) is 0 Å². The third-order valence-corrected chi connectivity index (χ3v) is 8.69. The summed E-state index contributed by atoms with van der Waals surface area (Å²) in [6, 6.07) is 24.3. The highest BCUT2D eigenvalue weighted by Gasteiger charge is 2.68. The van der Waals surface area contributed by atoms with E-state index in [2.05, 4.69) is 15.5 Å². The molecule has 3 aromatic carbocycles. The van der Waals surface area contributed by atoms with Crippen LogP contribution in [0.4, 0.5) is 5.69 Å². The SMILES string of the molecule is Cc1ccc(Cl)cc1N1C(=O)[C@@H]2C3c4ccccc4C(/C=N\NC(=O)c4cccnc4)(c4ccccc43)[C@@H]2C1=O. The topological polar surface area (TPSA) is 91.7 Å². The number of hydrogen-bond donors (Lipinski definition) is 1. The molecule has 1 fully saturated rings. The molecule has 3 aliphatic carbocycles. The zero-order valence-corrected chi connectivity index (χ0v) is 22.2. The number of pyridine rings is 1. The Morgan fingerprint density at radius 2 is 1.68 bits per heavy atom. The normalized spacial score (nSPS) is 24.1. The van der Waals surface area contributed by atoms with Crippen LogP contribution in [0.2, 0.25) is 5.02 Å². The van der Waals surface area contributed by atoms with E-state index in [1.165, 1.54) is 11.1 Å². The number of carbonyl (C=O) groups is 3. The number of rotatable bonds is 4. The molecule has 0 unspecified atom stereocenters. The second kappa shape index (κ2) is 8.96. The Morgan fingerprint density at radius 1 is 0.975 bits per heavy atom. The molecule has 40 heavy (non-hydrogen) atoms. The van der Waals surface area contributed by atoms with E-state index in [0.717, 1.165) is 27.8 Å². The average Bonchev–Trinajstić information content (AvgIpc) is 3.25. The Hall–Kier alpha value is -4.62. The van der Waals surface area contributed by atoms with Crippen LogP contribution in [0, 0.1) is 18.8 Å². The molecule has 1 aliphatic heterocycles. The van der Waals surface area contributed by atoms with E-state index in [0.29, 0.717) is 16.3 Å². The third-order valence-electron chi connectivity index (χ3n) is 8.45. The molecule has 3 amide bonds. The Bertz CT molecular complexity index is 1700. The number of halogens is 1. The highest BCUT2D eigenvalue weighted by atomic mass is 35.5. The van der Waals surface area contributed by atoms with Gasteiger partial charge in [-0.3, -0.25) is 19.4 Å². The van der Waals surface area contributed by atoms with Gasteiger partial charge >= 0.3 is 0 Å². The number of carbonyl (C=O) groups excluding carboxylic acids is 3. The first-order valence-corrected chi connectivity index (χ1v) is 13.4. The Labute approximate surface area is 235 Å². The van der Waals surface area contributed by atoms with Crippen molar-refractivity contribution in [2.75, 3.05) is 4.90 Å². The number of benzene rings is 3. The standard InChI is InChI=1S/C32H23ClN4O3/c1-18-12-13-20(33)15-25(18)37-30(39)27-26-21-8-2-4-10-23(21)32(28(27)31(37)40,24-11-5-3-9-22(24)26)17-35-36-29(38)19-7-6-14-34-16-19/h2-17,26-28H,1H3,(H,36,38)/b35-17-/t26?,27-,28+,32?/m1/s1. The molecule has 1 saturated heterocycles. The van der Waals surface area contributed by atoms with Gasteiger partial charge in [-0.2, -0.15) is 5.10 Å². The quantitative estimate of drug-likeness (QED) is 0.221. The molecule has 7 nitrogen and oxygen atoms in total. The van der Waals surface area contributed by atoms with Crippen LogP contribution in [-0.2, 0) is 15.0 Å². The highest BCUT2D eigenvalue weighted by molar-refractivity contribution is 6.31. The van der Waals surface area contributed by atoms with Gasteiger partial charge in [-0.15, -0.1) is 0 Å². The zero-order chi connectivity index (χ0) is 27.6. The summed E-state index contributed by atoms with van der Waals surface area (Å²) in [5.41, 5.74) is 6.94. The largest absolute Gasteiger partial charge is 0.274 e.